The van der Waals surface area contributed by atoms with E-state index in [4.69, 9.17) is 10.3 Å². The Labute approximate surface area is 188 Å². The van der Waals surface area contributed by atoms with E-state index in [0.29, 0.717) is 28.2 Å². The number of nitrogens with zero attached hydrogens (tertiary/aromatic N) is 6. The molecule has 11 heteroatoms. The van der Waals surface area contributed by atoms with Crippen LogP contribution in [-0.2, 0) is 11.2 Å². The van der Waals surface area contributed by atoms with E-state index in [2.05, 4.69) is 53.3 Å². The molecule has 10 nitrogen and oxygen atoms in total. The van der Waals surface area contributed by atoms with Gasteiger partial charge in [-0.1, -0.05) is 56.8 Å². The van der Waals surface area contributed by atoms with E-state index in [9.17, 15) is 10.1 Å². The molecule has 0 radical (unpaired) electrons. The monoisotopic (exact) mass is 451 g/mol. The largest absolute Gasteiger partial charge is 0.420 e. The Kier molecular flexibility index (Phi) is 5.66. The van der Waals surface area contributed by atoms with Gasteiger partial charge in [-0.05, 0) is 23.1 Å². The van der Waals surface area contributed by atoms with Crippen molar-refractivity contribution in [3.8, 4) is 22.8 Å². The summed E-state index contributed by atoms with van der Waals surface area (Å²) < 4.78 is 7.09. The second-order valence-electron chi connectivity index (χ2n) is 8.10. The van der Waals surface area contributed by atoms with E-state index in [-0.39, 0.29) is 17.0 Å². The number of nitrogens with two attached hydrogens (primary N) is 1. The topological polar surface area (TPSA) is 139 Å². The quantitative estimate of drug-likeness (QED) is 0.198. The van der Waals surface area contributed by atoms with Crippen LogP contribution in [0.25, 0.3) is 22.8 Å². The molecule has 0 saturated carbocycles. The first-order chi connectivity index (χ1) is 15.2. The van der Waals surface area contributed by atoms with Crippen molar-refractivity contribution >= 4 is 17.4 Å². The van der Waals surface area contributed by atoms with Crippen LogP contribution >= 0.6 is 11.8 Å². The third kappa shape index (κ3) is 4.47. The maximum atomic E-state index is 10.8. The fourth-order valence-corrected chi connectivity index (χ4v) is 3.67. The van der Waals surface area contributed by atoms with Gasteiger partial charge in [0.1, 0.15) is 0 Å². The number of aromatic nitrogens is 5. The van der Waals surface area contributed by atoms with Crippen molar-refractivity contribution in [1.29, 1.82) is 0 Å². The van der Waals surface area contributed by atoms with E-state index in [1.807, 2.05) is 12.1 Å². The minimum Gasteiger partial charge on any atom is -0.420 e. The van der Waals surface area contributed by atoms with Crippen molar-refractivity contribution in [2.45, 2.75) is 37.1 Å². The molecule has 0 aliphatic carbocycles. The molecule has 4 rings (SSSR count). The van der Waals surface area contributed by atoms with Crippen molar-refractivity contribution in [3.05, 3.63) is 70.1 Å². The van der Waals surface area contributed by atoms with Crippen LogP contribution in [0.4, 0.5) is 5.69 Å². The minimum absolute atomic E-state index is 0.00447. The summed E-state index contributed by atoms with van der Waals surface area (Å²) in [6, 6.07) is 14.0. The zero-order valence-corrected chi connectivity index (χ0v) is 18.5. The maximum absolute atomic E-state index is 10.8. The highest BCUT2D eigenvalue weighted by atomic mass is 32.2. The number of nitro groups is 1. The Morgan fingerprint density at radius 1 is 1.00 bits per heavy atom. The van der Waals surface area contributed by atoms with E-state index in [1.54, 1.807) is 12.1 Å². The molecule has 0 fully saturated rings. The molecule has 0 bridgehead atoms. The molecule has 0 saturated heterocycles. The number of hydrogen-bond donors (Lipinski definition) is 1. The smallest absolute Gasteiger partial charge is 0.269 e. The standard InChI is InChI=1S/C21H21N7O3S/c1-21(2,3)15-8-4-13(5-9-15)18-24-26-20(27(18)22)32-12-17-23-25-19(31-17)14-6-10-16(11-7-14)28(29)30/h4-11H,12,22H2,1-3H3. The molecule has 0 aliphatic rings. The maximum Gasteiger partial charge on any atom is 0.269 e. The highest BCUT2D eigenvalue weighted by Crippen LogP contribution is 2.28. The first-order valence-corrected chi connectivity index (χ1v) is 10.7. The Morgan fingerprint density at radius 3 is 2.28 bits per heavy atom. The molecule has 0 aliphatic heterocycles. The van der Waals surface area contributed by atoms with Gasteiger partial charge in [-0.2, -0.15) is 0 Å². The molecule has 164 valence electrons. The average Bonchev–Trinajstić information content (AvgIpc) is 3.38. The summed E-state index contributed by atoms with van der Waals surface area (Å²) in [6.45, 7) is 6.48. The van der Waals surface area contributed by atoms with Crippen molar-refractivity contribution in [2.24, 2.45) is 0 Å². The number of hydrogen-bond acceptors (Lipinski definition) is 9. The molecule has 0 amide bonds. The van der Waals surface area contributed by atoms with Gasteiger partial charge in [0.15, 0.2) is 5.82 Å². The van der Waals surface area contributed by atoms with E-state index in [0.717, 1.165) is 5.56 Å². The number of non-ortho nitro benzene ring substituents is 1. The first kappa shape index (κ1) is 21.5. The van der Waals surface area contributed by atoms with Crippen LogP contribution in [0.2, 0.25) is 0 Å². The first-order valence-electron chi connectivity index (χ1n) is 9.74. The van der Waals surface area contributed by atoms with Crippen LogP contribution < -0.4 is 5.84 Å². The lowest BCUT2D eigenvalue weighted by molar-refractivity contribution is -0.384. The van der Waals surface area contributed by atoms with Crippen LogP contribution in [0.3, 0.4) is 0 Å². The predicted octanol–water partition coefficient (Wildman–Crippen LogP) is 4.21. The van der Waals surface area contributed by atoms with Gasteiger partial charge in [0.25, 0.3) is 5.69 Å². The lowest BCUT2D eigenvalue weighted by atomic mass is 9.87. The van der Waals surface area contributed by atoms with Gasteiger partial charge in [-0.15, -0.1) is 20.4 Å². The summed E-state index contributed by atoms with van der Waals surface area (Å²) in [6.07, 6.45) is 0. The normalized spacial score (nSPS) is 11.6. The van der Waals surface area contributed by atoms with Gasteiger partial charge in [0.2, 0.25) is 16.9 Å². The molecule has 32 heavy (non-hydrogen) atoms. The van der Waals surface area contributed by atoms with Crippen LogP contribution in [0.5, 0.6) is 0 Å². The van der Waals surface area contributed by atoms with Crippen molar-refractivity contribution in [2.75, 3.05) is 5.84 Å². The molecule has 2 N–H and O–H groups in total. The highest BCUT2D eigenvalue weighted by molar-refractivity contribution is 7.98. The van der Waals surface area contributed by atoms with E-state index in [1.165, 1.54) is 34.1 Å². The molecule has 4 aromatic rings. The number of thioether (sulfide) groups is 1. The summed E-state index contributed by atoms with van der Waals surface area (Å²) in [5.41, 5.74) is 2.75. The zero-order valence-electron chi connectivity index (χ0n) is 17.7. The third-order valence-corrected chi connectivity index (χ3v) is 5.72. The highest BCUT2D eigenvalue weighted by Gasteiger charge is 2.17. The molecular formula is C21H21N7O3S. The lowest BCUT2D eigenvalue weighted by Gasteiger charge is -2.19. The lowest BCUT2D eigenvalue weighted by Crippen LogP contribution is -2.12. The summed E-state index contributed by atoms with van der Waals surface area (Å²) >= 11 is 1.32. The van der Waals surface area contributed by atoms with Crippen LogP contribution in [0, 0.1) is 10.1 Å². The summed E-state index contributed by atoms with van der Waals surface area (Å²) in [7, 11) is 0. The van der Waals surface area contributed by atoms with E-state index >= 15 is 0 Å². The van der Waals surface area contributed by atoms with Gasteiger partial charge in [0.05, 0.1) is 10.7 Å². The summed E-state index contributed by atoms with van der Waals surface area (Å²) in [5.74, 6) is 7.77. The molecule has 2 heterocycles. The van der Waals surface area contributed by atoms with Gasteiger partial charge in [0, 0.05) is 23.3 Å². The van der Waals surface area contributed by atoms with Crippen molar-refractivity contribution in [1.82, 2.24) is 25.1 Å². The Balaban J connectivity index is 1.44. The molecule has 0 unspecified atom stereocenters. The fourth-order valence-electron chi connectivity index (χ4n) is 2.97. The zero-order chi connectivity index (χ0) is 22.9. The Hall–Kier alpha value is -3.73. The second kappa shape index (κ2) is 8.42. The minimum atomic E-state index is -0.462. The third-order valence-electron chi connectivity index (χ3n) is 4.79. The molecule has 0 spiro atoms. The fraction of sp³-hybridized carbons (Fsp3) is 0.238. The summed E-state index contributed by atoms with van der Waals surface area (Å²) in [5, 5.41) is 27.7. The predicted molar refractivity (Wildman–Crippen MR) is 120 cm³/mol. The number of benzene rings is 2. The molecule has 2 aromatic heterocycles. The average molecular weight is 452 g/mol. The number of nitrogen functional groups attached to an aromatic ring is 1. The molecule has 2 aromatic carbocycles. The Bertz CT molecular complexity index is 1240. The van der Waals surface area contributed by atoms with Crippen LogP contribution in [0.1, 0.15) is 32.2 Å². The van der Waals surface area contributed by atoms with Gasteiger partial charge in [-0.25, -0.2) is 4.68 Å². The van der Waals surface area contributed by atoms with Gasteiger partial charge >= 0.3 is 0 Å². The van der Waals surface area contributed by atoms with Gasteiger partial charge in [-0.3, -0.25) is 10.1 Å². The number of rotatable bonds is 6. The van der Waals surface area contributed by atoms with E-state index < -0.39 is 4.92 Å². The molecule has 0 atom stereocenters. The Morgan fingerprint density at radius 2 is 1.66 bits per heavy atom. The van der Waals surface area contributed by atoms with Crippen LogP contribution in [-0.4, -0.2) is 30.0 Å². The summed E-state index contributed by atoms with van der Waals surface area (Å²) in [4.78, 5) is 10.3. The second-order valence-corrected chi connectivity index (χ2v) is 9.04. The van der Waals surface area contributed by atoms with Gasteiger partial charge < -0.3 is 10.3 Å². The van der Waals surface area contributed by atoms with Crippen molar-refractivity contribution < 1.29 is 9.34 Å². The number of nitro benzene ring substituents is 1. The SMILES string of the molecule is CC(C)(C)c1ccc(-c2nnc(SCc3nnc(-c4ccc([N+](=O)[O-])cc4)o3)n2N)cc1. The van der Waals surface area contributed by atoms with Crippen molar-refractivity contribution in [3.63, 3.8) is 0 Å². The molecular weight excluding hydrogens is 430 g/mol. The van der Waals surface area contributed by atoms with Crippen LogP contribution in [0.15, 0.2) is 58.1 Å².